The topological polar surface area (TPSA) is 47.3 Å². The molecule has 0 saturated carbocycles. The molecule has 1 heterocycles. The van der Waals surface area contributed by atoms with E-state index in [9.17, 15) is 0 Å². The van der Waals surface area contributed by atoms with Gasteiger partial charge in [0.1, 0.15) is 0 Å². The molecule has 0 saturated heterocycles. The summed E-state index contributed by atoms with van der Waals surface area (Å²) >= 11 is 0. The van der Waals surface area contributed by atoms with E-state index in [1.165, 1.54) is 5.56 Å². The Bertz CT molecular complexity index is 511. The molecular weight excluding hydrogens is 224 g/mol. The van der Waals surface area contributed by atoms with E-state index in [4.69, 9.17) is 10.6 Å². The molecule has 0 amide bonds. The fraction of sp³-hybridized carbons (Fsp3) is 0.0667. The van der Waals surface area contributed by atoms with Crippen molar-refractivity contribution < 1.29 is 4.84 Å². The van der Waals surface area contributed by atoms with Gasteiger partial charge in [-0.25, -0.2) is 5.48 Å². The highest BCUT2D eigenvalue weighted by atomic mass is 16.6. The number of hydrogen-bond donors (Lipinski definition) is 2. The number of fused-ring (bicyclic) bond motifs is 1. The summed E-state index contributed by atoms with van der Waals surface area (Å²) in [4.78, 5) is 5.09. The van der Waals surface area contributed by atoms with Crippen molar-refractivity contribution in [2.75, 3.05) is 5.73 Å². The minimum Gasteiger partial charge on any atom is -0.399 e. The van der Waals surface area contributed by atoms with E-state index >= 15 is 0 Å². The molecule has 3 heteroatoms. The zero-order valence-corrected chi connectivity index (χ0v) is 10.3. The third-order valence-electron chi connectivity index (χ3n) is 2.50. The van der Waals surface area contributed by atoms with Crippen LogP contribution < -0.4 is 16.1 Å². The molecular formula is C15H16N2O. The Labute approximate surface area is 107 Å². The first-order valence-corrected chi connectivity index (χ1v) is 5.76. The lowest BCUT2D eigenvalue weighted by Gasteiger charge is -2.11. The summed E-state index contributed by atoms with van der Waals surface area (Å²) in [6.07, 6.45) is 3.74. The Morgan fingerprint density at radius 1 is 1.00 bits per heavy atom. The first-order valence-electron chi connectivity index (χ1n) is 5.76. The van der Waals surface area contributed by atoms with Gasteiger partial charge in [0.15, 0.2) is 5.75 Å². The zero-order chi connectivity index (χ0) is 12.8. The highest BCUT2D eigenvalue weighted by Gasteiger charge is 2.01. The number of nitrogens with one attached hydrogen (secondary N) is 1. The molecule has 1 aliphatic rings. The van der Waals surface area contributed by atoms with Gasteiger partial charge < -0.3 is 10.6 Å². The van der Waals surface area contributed by atoms with Crippen molar-refractivity contribution in [1.82, 2.24) is 5.48 Å². The van der Waals surface area contributed by atoms with Crippen LogP contribution in [0.3, 0.4) is 0 Å². The highest BCUT2D eigenvalue weighted by molar-refractivity contribution is 5.57. The average molecular weight is 240 g/mol. The third-order valence-corrected chi connectivity index (χ3v) is 2.50. The van der Waals surface area contributed by atoms with E-state index in [0.717, 1.165) is 17.0 Å². The van der Waals surface area contributed by atoms with Crippen LogP contribution >= 0.6 is 0 Å². The SMILES string of the molecule is C1=Cc2ccccc2ON1.Cc1ccc(N)cc1. The second-order valence-corrected chi connectivity index (χ2v) is 4.00. The van der Waals surface area contributed by atoms with Crippen LogP contribution in [-0.4, -0.2) is 0 Å². The molecule has 3 rings (SSSR count). The molecule has 0 unspecified atom stereocenters. The molecule has 0 atom stereocenters. The predicted octanol–water partition coefficient (Wildman–Crippen LogP) is 3.13. The van der Waals surface area contributed by atoms with Crippen molar-refractivity contribution >= 4 is 11.8 Å². The van der Waals surface area contributed by atoms with E-state index in [1.807, 2.05) is 61.5 Å². The summed E-state index contributed by atoms with van der Waals surface area (Å²) in [7, 11) is 0. The van der Waals surface area contributed by atoms with Gasteiger partial charge in [0.25, 0.3) is 0 Å². The molecule has 18 heavy (non-hydrogen) atoms. The monoisotopic (exact) mass is 240 g/mol. The first-order chi connectivity index (χ1) is 8.75. The van der Waals surface area contributed by atoms with Crippen molar-refractivity contribution in [2.24, 2.45) is 0 Å². The molecule has 0 bridgehead atoms. The fourth-order valence-electron chi connectivity index (χ4n) is 1.50. The molecule has 0 fully saturated rings. The van der Waals surface area contributed by atoms with Crippen LogP contribution in [0.4, 0.5) is 5.69 Å². The Hall–Kier alpha value is -2.42. The van der Waals surface area contributed by atoms with Crippen LogP contribution in [0.15, 0.2) is 54.7 Å². The molecule has 92 valence electrons. The minimum absolute atomic E-state index is 0.829. The van der Waals surface area contributed by atoms with Gasteiger partial charge in [-0.2, -0.15) is 0 Å². The van der Waals surface area contributed by atoms with Gasteiger partial charge in [0, 0.05) is 17.5 Å². The summed E-state index contributed by atoms with van der Waals surface area (Å²) in [6, 6.07) is 15.6. The smallest absolute Gasteiger partial charge is 0.162 e. The van der Waals surface area contributed by atoms with Gasteiger partial charge in [0.2, 0.25) is 0 Å². The van der Waals surface area contributed by atoms with Crippen LogP contribution in [0.25, 0.3) is 6.08 Å². The number of hydroxylamine groups is 1. The standard InChI is InChI=1S/C8H7NO.C7H9N/c1-2-4-8-7(3-1)5-6-9-10-8;1-6-2-4-7(8)5-3-6/h1-6,9H;2-5H,8H2,1H3. The first kappa shape index (κ1) is 12.0. The quantitative estimate of drug-likeness (QED) is 0.695. The number of nitrogen functional groups attached to an aromatic ring is 1. The average Bonchev–Trinajstić information content (AvgIpc) is 2.43. The lowest BCUT2D eigenvalue weighted by atomic mass is 10.2. The normalized spacial score (nSPS) is 11.4. The number of hydrogen-bond acceptors (Lipinski definition) is 3. The Morgan fingerprint density at radius 3 is 2.39 bits per heavy atom. The van der Waals surface area contributed by atoms with Crippen LogP contribution in [0.2, 0.25) is 0 Å². The van der Waals surface area contributed by atoms with E-state index in [2.05, 4.69) is 5.48 Å². The number of rotatable bonds is 0. The van der Waals surface area contributed by atoms with Crippen LogP contribution in [0.5, 0.6) is 5.75 Å². The zero-order valence-electron chi connectivity index (χ0n) is 10.3. The fourth-order valence-corrected chi connectivity index (χ4v) is 1.50. The van der Waals surface area contributed by atoms with Crippen LogP contribution in [0.1, 0.15) is 11.1 Å². The molecule has 0 aliphatic carbocycles. The number of nitrogens with two attached hydrogens (primary N) is 1. The van der Waals surface area contributed by atoms with Gasteiger partial charge in [-0.05, 0) is 31.2 Å². The maximum absolute atomic E-state index is 5.43. The summed E-state index contributed by atoms with van der Waals surface area (Å²) in [5.74, 6) is 0.880. The van der Waals surface area contributed by atoms with E-state index in [0.29, 0.717) is 0 Å². The molecule has 0 spiro atoms. The van der Waals surface area contributed by atoms with Gasteiger partial charge >= 0.3 is 0 Å². The molecule has 3 nitrogen and oxygen atoms in total. The number of anilines is 1. The predicted molar refractivity (Wildman–Crippen MR) is 74.8 cm³/mol. The van der Waals surface area contributed by atoms with Gasteiger partial charge in [-0.3, -0.25) is 0 Å². The maximum atomic E-state index is 5.43. The summed E-state index contributed by atoms with van der Waals surface area (Å²) in [5, 5.41) is 0. The van der Waals surface area contributed by atoms with Gasteiger partial charge in [-0.1, -0.05) is 35.9 Å². The van der Waals surface area contributed by atoms with Crippen molar-refractivity contribution in [1.29, 1.82) is 0 Å². The molecule has 1 aliphatic heterocycles. The summed E-state index contributed by atoms with van der Waals surface area (Å²) in [6.45, 7) is 2.04. The van der Waals surface area contributed by atoms with Crippen LogP contribution in [0, 0.1) is 6.92 Å². The summed E-state index contributed by atoms with van der Waals surface area (Å²) in [5.41, 5.74) is 11.3. The molecule has 0 radical (unpaired) electrons. The third kappa shape index (κ3) is 3.28. The van der Waals surface area contributed by atoms with Crippen LogP contribution in [-0.2, 0) is 0 Å². The Morgan fingerprint density at radius 2 is 1.72 bits per heavy atom. The van der Waals surface area contributed by atoms with Crippen molar-refractivity contribution in [2.45, 2.75) is 6.92 Å². The van der Waals surface area contributed by atoms with Crippen molar-refractivity contribution in [3.8, 4) is 5.75 Å². The highest BCUT2D eigenvalue weighted by Crippen LogP contribution is 2.20. The maximum Gasteiger partial charge on any atom is 0.162 e. The van der Waals surface area contributed by atoms with E-state index in [-0.39, 0.29) is 0 Å². The number of para-hydroxylation sites is 1. The second-order valence-electron chi connectivity index (χ2n) is 4.00. The van der Waals surface area contributed by atoms with E-state index < -0.39 is 0 Å². The molecule has 3 N–H and O–H groups in total. The molecule has 2 aromatic rings. The lowest BCUT2D eigenvalue weighted by molar-refractivity contribution is 0.239. The molecule has 0 aromatic heterocycles. The number of aryl methyl sites for hydroxylation is 1. The van der Waals surface area contributed by atoms with Crippen molar-refractivity contribution in [3.05, 3.63) is 65.9 Å². The molecule has 2 aromatic carbocycles. The largest absolute Gasteiger partial charge is 0.399 e. The summed E-state index contributed by atoms with van der Waals surface area (Å²) < 4.78 is 0. The van der Waals surface area contributed by atoms with Gasteiger partial charge in [0.05, 0.1) is 0 Å². The van der Waals surface area contributed by atoms with Crippen molar-refractivity contribution in [3.63, 3.8) is 0 Å². The van der Waals surface area contributed by atoms with E-state index in [1.54, 1.807) is 6.20 Å². The van der Waals surface area contributed by atoms with Gasteiger partial charge in [-0.15, -0.1) is 0 Å². The Balaban J connectivity index is 0.000000138. The lowest BCUT2D eigenvalue weighted by Crippen LogP contribution is -2.13. The Kier molecular flexibility index (Phi) is 3.86. The second kappa shape index (κ2) is 5.77. The number of benzene rings is 2. The minimum atomic E-state index is 0.829.